The molecule has 1 aromatic rings. The van der Waals surface area contributed by atoms with E-state index in [0.29, 0.717) is 19.4 Å². The topological polar surface area (TPSA) is 39.2 Å². The van der Waals surface area contributed by atoms with Crippen LogP contribution >= 0.6 is 23.1 Å². The van der Waals surface area contributed by atoms with Crippen molar-refractivity contribution in [2.75, 3.05) is 12.4 Å². The summed E-state index contributed by atoms with van der Waals surface area (Å²) in [7, 11) is 0. The summed E-state index contributed by atoms with van der Waals surface area (Å²) >= 11 is 3.59. The third-order valence-corrected chi connectivity index (χ3v) is 4.32. The van der Waals surface area contributed by atoms with Crippen LogP contribution in [0.2, 0.25) is 0 Å². The fourth-order valence-corrected chi connectivity index (χ4v) is 3.10. The number of esters is 1. The Labute approximate surface area is 111 Å². The molecule has 1 aromatic heterocycles. The third kappa shape index (κ3) is 6.07. The molecule has 3 nitrogen and oxygen atoms in total. The van der Waals surface area contributed by atoms with Gasteiger partial charge in [-0.15, -0.1) is 11.3 Å². The SMILES string of the molecule is CCCSCc1nc(CCC(=O)OCC)cs1. The van der Waals surface area contributed by atoms with Crippen LogP contribution in [0.4, 0.5) is 0 Å². The third-order valence-electron chi connectivity index (χ3n) is 2.06. The summed E-state index contributed by atoms with van der Waals surface area (Å²) in [5, 5.41) is 3.20. The van der Waals surface area contributed by atoms with Crippen LogP contribution in [-0.2, 0) is 21.7 Å². The lowest BCUT2D eigenvalue weighted by atomic mass is 10.2. The van der Waals surface area contributed by atoms with E-state index < -0.39 is 0 Å². The number of hydrogen-bond acceptors (Lipinski definition) is 5. The summed E-state index contributed by atoms with van der Waals surface area (Å²) < 4.78 is 4.88. The molecule has 0 aliphatic carbocycles. The minimum absolute atomic E-state index is 0.137. The van der Waals surface area contributed by atoms with Gasteiger partial charge < -0.3 is 4.74 Å². The highest BCUT2D eigenvalue weighted by molar-refractivity contribution is 7.98. The van der Waals surface area contributed by atoms with Crippen LogP contribution < -0.4 is 0 Å². The fraction of sp³-hybridized carbons (Fsp3) is 0.667. The summed E-state index contributed by atoms with van der Waals surface area (Å²) in [5.41, 5.74) is 1.01. The van der Waals surface area contributed by atoms with Gasteiger partial charge in [-0.05, 0) is 19.1 Å². The lowest BCUT2D eigenvalue weighted by Crippen LogP contribution is -2.05. The first kappa shape index (κ1) is 14.5. The molecule has 0 aliphatic rings. The number of rotatable bonds is 8. The molecule has 0 saturated carbocycles. The van der Waals surface area contributed by atoms with Gasteiger partial charge in [0.2, 0.25) is 0 Å². The van der Waals surface area contributed by atoms with Gasteiger partial charge in [0, 0.05) is 17.6 Å². The maximum atomic E-state index is 11.2. The van der Waals surface area contributed by atoms with Gasteiger partial charge in [0.15, 0.2) is 0 Å². The average Bonchev–Trinajstić information content (AvgIpc) is 2.75. The van der Waals surface area contributed by atoms with Crippen LogP contribution in [-0.4, -0.2) is 23.3 Å². The molecule has 0 amide bonds. The minimum Gasteiger partial charge on any atom is -0.466 e. The van der Waals surface area contributed by atoms with Crippen molar-refractivity contribution in [2.45, 2.75) is 38.9 Å². The number of carbonyl (C=O) groups excluding carboxylic acids is 1. The van der Waals surface area contributed by atoms with E-state index in [1.54, 1.807) is 11.3 Å². The number of hydrogen-bond donors (Lipinski definition) is 0. The molecule has 1 heterocycles. The highest BCUT2D eigenvalue weighted by atomic mass is 32.2. The molecule has 5 heteroatoms. The molecule has 0 atom stereocenters. The van der Waals surface area contributed by atoms with Crippen LogP contribution in [0.5, 0.6) is 0 Å². The second-order valence-electron chi connectivity index (χ2n) is 3.59. The number of thiazole rings is 1. The molecule has 0 aliphatic heterocycles. The van der Waals surface area contributed by atoms with Gasteiger partial charge in [-0.2, -0.15) is 11.8 Å². The Kier molecular flexibility index (Phi) is 7.28. The Morgan fingerprint density at radius 2 is 2.35 bits per heavy atom. The van der Waals surface area contributed by atoms with Gasteiger partial charge >= 0.3 is 5.97 Å². The summed E-state index contributed by atoms with van der Waals surface area (Å²) in [5.74, 6) is 2.03. The van der Waals surface area contributed by atoms with Crippen molar-refractivity contribution in [1.82, 2.24) is 4.98 Å². The zero-order valence-corrected chi connectivity index (χ0v) is 12.0. The Morgan fingerprint density at radius 3 is 3.06 bits per heavy atom. The Balaban J connectivity index is 2.27. The van der Waals surface area contributed by atoms with Crippen molar-refractivity contribution in [2.24, 2.45) is 0 Å². The second-order valence-corrected chi connectivity index (χ2v) is 5.64. The molecule has 17 heavy (non-hydrogen) atoms. The first-order chi connectivity index (χ1) is 8.26. The van der Waals surface area contributed by atoms with Gasteiger partial charge in [0.25, 0.3) is 0 Å². The number of thioether (sulfide) groups is 1. The Morgan fingerprint density at radius 1 is 1.53 bits per heavy atom. The van der Waals surface area contributed by atoms with Crippen molar-refractivity contribution >= 4 is 29.1 Å². The number of aryl methyl sites for hydroxylation is 1. The van der Waals surface area contributed by atoms with E-state index >= 15 is 0 Å². The number of aromatic nitrogens is 1. The molecule has 1 rings (SSSR count). The molecule has 0 unspecified atom stereocenters. The lowest BCUT2D eigenvalue weighted by molar-refractivity contribution is -0.143. The van der Waals surface area contributed by atoms with Crippen molar-refractivity contribution in [3.63, 3.8) is 0 Å². The van der Waals surface area contributed by atoms with E-state index in [2.05, 4.69) is 11.9 Å². The predicted molar refractivity (Wildman–Crippen MR) is 73.5 cm³/mol. The largest absolute Gasteiger partial charge is 0.466 e. The summed E-state index contributed by atoms with van der Waals surface area (Å²) in [6.45, 7) is 4.46. The van der Waals surface area contributed by atoms with E-state index in [-0.39, 0.29) is 5.97 Å². The van der Waals surface area contributed by atoms with Crippen LogP contribution in [0.3, 0.4) is 0 Å². The minimum atomic E-state index is -0.137. The highest BCUT2D eigenvalue weighted by Crippen LogP contribution is 2.18. The van der Waals surface area contributed by atoms with E-state index in [9.17, 15) is 4.79 Å². The van der Waals surface area contributed by atoms with E-state index in [0.717, 1.165) is 16.5 Å². The first-order valence-corrected chi connectivity index (χ1v) is 7.96. The monoisotopic (exact) mass is 273 g/mol. The smallest absolute Gasteiger partial charge is 0.306 e. The van der Waals surface area contributed by atoms with Gasteiger partial charge in [0.1, 0.15) is 5.01 Å². The lowest BCUT2D eigenvalue weighted by Gasteiger charge is -1.99. The molecule has 0 bridgehead atoms. The summed E-state index contributed by atoms with van der Waals surface area (Å²) in [6, 6.07) is 0. The number of ether oxygens (including phenoxy) is 1. The molecule has 0 saturated heterocycles. The molecule has 0 N–H and O–H groups in total. The van der Waals surface area contributed by atoms with Gasteiger partial charge in [-0.1, -0.05) is 6.92 Å². The second kappa shape index (κ2) is 8.53. The zero-order valence-electron chi connectivity index (χ0n) is 10.4. The van der Waals surface area contributed by atoms with Crippen LogP contribution in [0.15, 0.2) is 5.38 Å². The molecular weight excluding hydrogens is 254 g/mol. The normalized spacial score (nSPS) is 10.5. The van der Waals surface area contributed by atoms with Gasteiger partial charge in [0.05, 0.1) is 18.7 Å². The van der Waals surface area contributed by atoms with Gasteiger partial charge in [-0.3, -0.25) is 4.79 Å². The van der Waals surface area contributed by atoms with E-state index in [4.69, 9.17) is 4.74 Å². The molecular formula is C12H19NO2S2. The van der Waals surface area contributed by atoms with Crippen molar-refractivity contribution in [3.05, 3.63) is 16.1 Å². The van der Waals surface area contributed by atoms with Crippen LogP contribution in [0.25, 0.3) is 0 Å². The Bertz CT molecular complexity index is 339. The fourth-order valence-electron chi connectivity index (χ4n) is 1.30. The maximum absolute atomic E-state index is 11.2. The highest BCUT2D eigenvalue weighted by Gasteiger charge is 2.06. The molecule has 96 valence electrons. The predicted octanol–water partition coefficient (Wildman–Crippen LogP) is 3.28. The number of carbonyl (C=O) groups is 1. The first-order valence-electron chi connectivity index (χ1n) is 5.92. The number of nitrogens with zero attached hydrogens (tertiary/aromatic N) is 1. The van der Waals surface area contributed by atoms with Gasteiger partial charge in [-0.25, -0.2) is 4.98 Å². The van der Waals surface area contributed by atoms with E-state index in [1.165, 1.54) is 12.2 Å². The van der Waals surface area contributed by atoms with Crippen molar-refractivity contribution in [1.29, 1.82) is 0 Å². The summed E-state index contributed by atoms with van der Waals surface area (Å²) in [6.07, 6.45) is 2.32. The Hall–Kier alpha value is -0.550. The average molecular weight is 273 g/mol. The maximum Gasteiger partial charge on any atom is 0.306 e. The standard InChI is InChI=1S/C12H19NO2S2/c1-3-7-16-9-11-13-10(8-17-11)5-6-12(14)15-4-2/h8H,3-7,9H2,1-2H3. The molecule has 0 radical (unpaired) electrons. The van der Waals surface area contributed by atoms with Crippen LogP contribution in [0, 0.1) is 0 Å². The van der Waals surface area contributed by atoms with Crippen molar-refractivity contribution in [3.8, 4) is 0 Å². The molecule has 0 spiro atoms. The molecule has 0 fully saturated rings. The van der Waals surface area contributed by atoms with E-state index in [1.807, 2.05) is 24.1 Å². The molecule has 0 aromatic carbocycles. The zero-order chi connectivity index (χ0) is 12.5. The van der Waals surface area contributed by atoms with Crippen molar-refractivity contribution < 1.29 is 9.53 Å². The quantitative estimate of drug-likeness (QED) is 0.538. The van der Waals surface area contributed by atoms with Crippen LogP contribution in [0.1, 0.15) is 37.4 Å². The summed E-state index contributed by atoms with van der Waals surface area (Å²) in [4.78, 5) is 15.7.